The molecule has 0 atom stereocenters. The number of carbonyl (C=O) groups excluding carboxylic acids is 1. The van der Waals surface area contributed by atoms with Crippen LogP contribution in [0.15, 0.2) is 83.3 Å². The third-order valence-electron chi connectivity index (χ3n) is 4.30. The van der Waals surface area contributed by atoms with Crippen LogP contribution in [0.3, 0.4) is 0 Å². The quantitative estimate of drug-likeness (QED) is 0.500. The molecule has 0 aliphatic heterocycles. The van der Waals surface area contributed by atoms with Gasteiger partial charge >= 0.3 is 0 Å². The maximum Gasteiger partial charge on any atom is 0.258 e. The van der Waals surface area contributed by atoms with Gasteiger partial charge < -0.3 is 14.5 Å². The van der Waals surface area contributed by atoms with E-state index in [0.717, 1.165) is 5.56 Å². The van der Waals surface area contributed by atoms with Gasteiger partial charge in [-0.15, -0.1) is 10.2 Å². The molecule has 0 aliphatic rings. The van der Waals surface area contributed by atoms with Crippen molar-refractivity contribution in [1.29, 1.82) is 0 Å². The second-order valence-electron chi connectivity index (χ2n) is 6.47. The Bertz CT molecular complexity index is 1150. The number of rotatable bonds is 7. The van der Waals surface area contributed by atoms with Gasteiger partial charge in [0.15, 0.2) is 6.61 Å². The molecule has 0 saturated heterocycles. The number of carbonyl (C=O) groups is 1. The molecule has 0 radical (unpaired) electrons. The van der Waals surface area contributed by atoms with E-state index >= 15 is 0 Å². The summed E-state index contributed by atoms with van der Waals surface area (Å²) in [5.41, 5.74) is 2.07. The summed E-state index contributed by atoms with van der Waals surface area (Å²) >= 11 is 0. The highest BCUT2D eigenvalue weighted by Gasteiger charge is 2.15. The van der Waals surface area contributed by atoms with E-state index in [9.17, 15) is 9.18 Å². The summed E-state index contributed by atoms with van der Waals surface area (Å²) in [7, 11) is 0. The zero-order chi connectivity index (χ0) is 20.8. The van der Waals surface area contributed by atoms with Crippen molar-refractivity contribution in [3.63, 3.8) is 0 Å². The SMILES string of the molecule is O=C(COc1ccccc1-c1nnc(-c2ccccc2)o1)NCc1cccc(F)c1. The molecule has 0 aliphatic carbocycles. The molecule has 30 heavy (non-hydrogen) atoms. The van der Waals surface area contributed by atoms with Gasteiger partial charge in [-0.2, -0.15) is 0 Å². The summed E-state index contributed by atoms with van der Waals surface area (Å²) in [6, 6.07) is 22.6. The van der Waals surface area contributed by atoms with Gasteiger partial charge in [-0.1, -0.05) is 42.5 Å². The maximum absolute atomic E-state index is 13.2. The Kier molecular flexibility index (Phi) is 5.80. The molecule has 6 nitrogen and oxygen atoms in total. The van der Waals surface area contributed by atoms with Crippen LogP contribution in [0.2, 0.25) is 0 Å². The van der Waals surface area contributed by atoms with Gasteiger partial charge in [-0.05, 0) is 42.0 Å². The van der Waals surface area contributed by atoms with Crippen LogP contribution >= 0.6 is 0 Å². The van der Waals surface area contributed by atoms with Crippen LogP contribution in [0.25, 0.3) is 22.9 Å². The zero-order valence-electron chi connectivity index (χ0n) is 15.9. The third kappa shape index (κ3) is 4.70. The standard InChI is InChI=1S/C23H18FN3O3/c24-18-10-6-7-16(13-18)14-25-21(28)15-29-20-12-5-4-11-19(20)23-27-26-22(30-23)17-8-2-1-3-9-17/h1-13H,14-15H2,(H,25,28). The Morgan fingerprint density at radius 2 is 1.70 bits per heavy atom. The van der Waals surface area contributed by atoms with Gasteiger partial charge in [0, 0.05) is 12.1 Å². The van der Waals surface area contributed by atoms with Crippen LogP contribution in [0, 0.1) is 5.82 Å². The van der Waals surface area contributed by atoms with E-state index in [2.05, 4.69) is 15.5 Å². The summed E-state index contributed by atoms with van der Waals surface area (Å²) in [5.74, 6) is 0.463. The van der Waals surface area contributed by atoms with Gasteiger partial charge in [-0.25, -0.2) is 4.39 Å². The van der Waals surface area contributed by atoms with Crippen molar-refractivity contribution in [2.24, 2.45) is 0 Å². The van der Waals surface area contributed by atoms with E-state index in [4.69, 9.17) is 9.15 Å². The fourth-order valence-electron chi connectivity index (χ4n) is 2.84. The molecule has 3 aromatic carbocycles. The van der Waals surface area contributed by atoms with Crippen molar-refractivity contribution in [3.05, 3.63) is 90.2 Å². The molecule has 4 rings (SSSR count). The van der Waals surface area contributed by atoms with Crippen LogP contribution in [-0.2, 0) is 11.3 Å². The first-order chi connectivity index (χ1) is 14.7. The average Bonchev–Trinajstić information content (AvgIpc) is 3.27. The molecule has 150 valence electrons. The minimum absolute atomic E-state index is 0.202. The van der Waals surface area contributed by atoms with Gasteiger partial charge in [-0.3, -0.25) is 4.79 Å². The number of amides is 1. The van der Waals surface area contributed by atoms with Crippen molar-refractivity contribution < 1.29 is 18.3 Å². The summed E-state index contributed by atoms with van der Waals surface area (Å²) < 4.78 is 24.7. The molecule has 0 saturated carbocycles. The molecular weight excluding hydrogens is 385 g/mol. The van der Waals surface area contributed by atoms with Crippen LogP contribution < -0.4 is 10.1 Å². The molecular formula is C23H18FN3O3. The van der Waals surface area contributed by atoms with Gasteiger partial charge in [0.05, 0.1) is 5.56 Å². The van der Waals surface area contributed by atoms with Crippen LogP contribution in [0.5, 0.6) is 5.75 Å². The Labute approximate surface area is 172 Å². The first-order valence-electron chi connectivity index (χ1n) is 9.31. The van der Waals surface area contributed by atoms with Gasteiger partial charge in [0.1, 0.15) is 11.6 Å². The largest absolute Gasteiger partial charge is 0.483 e. The Balaban J connectivity index is 1.41. The Morgan fingerprint density at radius 3 is 2.53 bits per heavy atom. The molecule has 1 amide bonds. The number of nitrogens with one attached hydrogen (secondary N) is 1. The summed E-state index contributed by atoms with van der Waals surface area (Å²) in [6.07, 6.45) is 0. The normalized spacial score (nSPS) is 10.6. The molecule has 0 fully saturated rings. The van der Waals surface area contributed by atoms with E-state index in [0.29, 0.717) is 28.7 Å². The Hall–Kier alpha value is -4.00. The summed E-state index contributed by atoms with van der Waals surface area (Å²) in [5, 5.41) is 10.9. The molecule has 0 unspecified atom stereocenters. The molecule has 0 spiro atoms. The fourth-order valence-corrected chi connectivity index (χ4v) is 2.84. The van der Waals surface area contributed by atoms with Crippen LogP contribution in [0.1, 0.15) is 5.56 Å². The fraction of sp³-hybridized carbons (Fsp3) is 0.0870. The van der Waals surface area contributed by atoms with Crippen LogP contribution in [-0.4, -0.2) is 22.7 Å². The molecule has 7 heteroatoms. The van der Waals surface area contributed by atoms with Crippen molar-refractivity contribution in [2.45, 2.75) is 6.54 Å². The molecule has 0 bridgehead atoms. The van der Waals surface area contributed by atoms with E-state index in [-0.39, 0.29) is 24.9 Å². The van der Waals surface area contributed by atoms with E-state index in [1.165, 1.54) is 12.1 Å². The first-order valence-corrected chi connectivity index (χ1v) is 9.31. The highest BCUT2D eigenvalue weighted by molar-refractivity contribution is 5.78. The number of nitrogens with zero attached hydrogens (tertiary/aromatic N) is 2. The second kappa shape index (κ2) is 9.00. The summed E-state index contributed by atoms with van der Waals surface area (Å²) in [4.78, 5) is 12.1. The van der Waals surface area contributed by atoms with E-state index in [1.807, 2.05) is 36.4 Å². The number of aromatic nitrogens is 2. The van der Waals surface area contributed by atoms with E-state index in [1.54, 1.807) is 30.3 Å². The van der Waals surface area contributed by atoms with Crippen molar-refractivity contribution in [2.75, 3.05) is 6.61 Å². The number of hydrogen-bond donors (Lipinski definition) is 1. The molecule has 4 aromatic rings. The summed E-state index contributed by atoms with van der Waals surface area (Å²) in [6.45, 7) is 0.0116. The monoisotopic (exact) mass is 403 g/mol. The lowest BCUT2D eigenvalue weighted by Crippen LogP contribution is -2.28. The highest BCUT2D eigenvalue weighted by Crippen LogP contribution is 2.30. The van der Waals surface area contributed by atoms with Gasteiger partial charge in [0.2, 0.25) is 5.89 Å². The minimum Gasteiger partial charge on any atom is -0.483 e. The van der Waals surface area contributed by atoms with E-state index < -0.39 is 0 Å². The van der Waals surface area contributed by atoms with Crippen molar-refractivity contribution >= 4 is 5.91 Å². The third-order valence-corrected chi connectivity index (χ3v) is 4.30. The highest BCUT2D eigenvalue weighted by atomic mass is 19.1. The Morgan fingerprint density at radius 1 is 0.933 bits per heavy atom. The average molecular weight is 403 g/mol. The predicted molar refractivity (Wildman–Crippen MR) is 109 cm³/mol. The second-order valence-corrected chi connectivity index (χ2v) is 6.47. The smallest absolute Gasteiger partial charge is 0.258 e. The number of ether oxygens (including phenoxy) is 1. The minimum atomic E-state index is -0.346. The van der Waals surface area contributed by atoms with Gasteiger partial charge in [0.25, 0.3) is 11.8 Å². The first kappa shape index (κ1) is 19.3. The lowest BCUT2D eigenvalue weighted by atomic mass is 10.2. The number of benzene rings is 3. The van der Waals surface area contributed by atoms with Crippen LogP contribution in [0.4, 0.5) is 4.39 Å². The topological polar surface area (TPSA) is 77.2 Å². The lowest BCUT2D eigenvalue weighted by Gasteiger charge is -2.10. The maximum atomic E-state index is 13.2. The van der Waals surface area contributed by atoms with Crippen molar-refractivity contribution in [1.82, 2.24) is 15.5 Å². The lowest BCUT2D eigenvalue weighted by molar-refractivity contribution is -0.123. The number of para-hydroxylation sites is 1. The number of hydrogen-bond acceptors (Lipinski definition) is 5. The zero-order valence-corrected chi connectivity index (χ0v) is 15.9. The number of halogens is 1. The molecule has 1 aromatic heterocycles. The predicted octanol–water partition coefficient (Wildman–Crippen LogP) is 4.24. The molecule has 1 heterocycles. The molecule has 1 N–H and O–H groups in total. The van der Waals surface area contributed by atoms with Crippen molar-refractivity contribution in [3.8, 4) is 28.7 Å².